The summed E-state index contributed by atoms with van der Waals surface area (Å²) in [6, 6.07) is 0. The number of aliphatic carboxylic acids is 2. The molecule has 96 valence electrons. The van der Waals surface area contributed by atoms with Crippen molar-refractivity contribution in [1.82, 2.24) is 0 Å². The summed E-state index contributed by atoms with van der Waals surface area (Å²) < 4.78 is 1.51. The summed E-state index contributed by atoms with van der Waals surface area (Å²) in [5.41, 5.74) is 0. The first-order chi connectivity index (χ1) is 8.04. The quantitative estimate of drug-likeness (QED) is 0.377. The number of rotatable bonds is 9. The molecule has 0 saturated heterocycles. The summed E-state index contributed by atoms with van der Waals surface area (Å²) in [7, 11) is 0. The summed E-state index contributed by atoms with van der Waals surface area (Å²) in [4.78, 5) is 18.9. The van der Waals surface area contributed by atoms with Crippen LogP contribution in [0, 0.1) is 0 Å². The zero-order chi connectivity index (χ0) is 13.5. The monoisotopic (exact) mass is 254 g/mol. The predicted molar refractivity (Wildman–Crippen MR) is 68.4 cm³/mol. The first-order valence-electron chi connectivity index (χ1n) is 6.48. The van der Waals surface area contributed by atoms with Crippen LogP contribution in [0.1, 0.15) is 58.3 Å². The van der Waals surface area contributed by atoms with E-state index in [-0.39, 0.29) is 0 Å². The van der Waals surface area contributed by atoms with Crippen LogP contribution in [0.2, 0.25) is 3.67 Å². The predicted octanol–water partition coefficient (Wildman–Crippen LogP) is 2.87. The molecule has 0 aliphatic heterocycles. The van der Waals surface area contributed by atoms with Gasteiger partial charge < -0.3 is 10.2 Å². The molecule has 0 aromatic rings. The van der Waals surface area contributed by atoms with E-state index >= 15 is 0 Å². The van der Waals surface area contributed by atoms with Gasteiger partial charge in [0.15, 0.2) is 0 Å². The summed E-state index contributed by atoms with van der Waals surface area (Å²) in [5.74, 6) is -2.62. The molecule has 0 saturated carbocycles. The SMILES string of the molecule is CCCCCCCC[CH2][Na].O=C(O)CC(=O)O. The van der Waals surface area contributed by atoms with Crippen LogP contribution in [0.25, 0.3) is 0 Å². The second-order valence-electron chi connectivity index (χ2n) is 4.09. The molecule has 0 aromatic heterocycles. The topological polar surface area (TPSA) is 74.6 Å². The molecular formula is C12H23NaO4. The second-order valence-corrected chi connectivity index (χ2v) is 5.09. The third kappa shape index (κ3) is 25.9. The van der Waals surface area contributed by atoms with E-state index in [2.05, 4.69) is 6.92 Å². The van der Waals surface area contributed by atoms with E-state index in [4.69, 9.17) is 10.2 Å². The van der Waals surface area contributed by atoms with Crippen molar-refractivity contribution >= 4 is 39.9 Å². The van der Waals surface area contributed by atoms with Crippen molar-refractivity contribution in [3.8, 4) is 0 Å². The van der Waals surface area contributed by atoms with Crippen LogP contribution in [-0.4, -0.2) is 50.1 Å². The Hall–Kier alpha value is -0.0600. The van der Waals surface area contributed by atoms with E-state index in [0.717, 1.165) is 0 Å². The van der Waals surface area contributed by atoms with Gasteiger partial charge in [-0.1, -0.05) is 0 Å². The van der Waals surface area contributed by atoms with Gasteiger partial charge in [0.05, 0.1) is 0 Å². The zero-order valence-corrected chi connectivity index (χ0v) is 13.1. The van der Waals surface area contributed by atoms with Gasteiger partial charge in [0, 0.05) is 0 Å². The maximum atomic E-state index is 9.43. The summed E-state index contributed by atoms with van der Waals surface area (Å²) in [5, 5.41) is 15.4. The number of unbranched alkanes of at least 4 members (excludes halogenated alkanes) is 6. The maximum Gasteiger partial charge on any atom is 0.314 e. The average molecular weight is 254 g/mol. The normalized spacial score (nSPS) is 9.35. The van der Waals surface area contributed by atoms with Gasteiger partial charge in [-0.05, 0) is 0 Å². The van der Waals surface area contributed by atoms with Crippen LogP contribution >= 0.6 is 0 Å². The fraction of sp³-hybridized carbons (Fsp3) is 0.833. The van der Waals surface area contributed by atoms with E-state index < -0.39 is 18.4 Å². The van der Waals surface area contributed by atoms with E-state index in [9.17, 15) is 9.59 Å². The van der Waals surface area contributed by atoms with Gasteiger partial charge in [-0.2, -0.15) is 0 Å². The largest absolute Gasteiger partial charge is 0.481 e. The molecule has 0 aliphatic carbocycles. The van der Waals surface area contributed by atoms with Crippen LogP contribution < -0.4 is 0 Å². The minimum Gasteiger partial charge on any atom is -0.481 e. The van der Waals surface area contributed by atoms with Gasteiger partial charge in [-0.25, -0.2) is 0 Å². The molecule has 0 radical (unpaired) electrons. The zero-order valence-electron chi connectivity index (χ0n) is 11.1. The van der Waals surface area contributed by atoms with Crippen molar-refractivity contribution < 1.29 is 19.8 Å². The van der Waals surface area contributed by atoms with Gasteiger partial charge >= 0.3 is 95.4 Å². The second kappa shape index (κ2) is 15.9. The van der Waals surface area contributed by atoms with Crippen molar-refractivity contribution in [3.05, 3.63) is 0 Å². The van der Waals surface area contributed by atoms with Gasteiger partial charge in [-0.3, -0.25) is 9.59 Å². The van der Waals surface area contributed by atoms with Crippen LogP contribution in [0.15, 0.2) is 0 Å². The molecule has 0 amide bonds. The molecule has 0 aliphatic rings. The van der Waals surface area contributed by atoms with Gasteiger partial charge in [0.2, 0.25) is 0 Å². The van der Waals surface area contributed by atoms with Crippen LogP contribution in [0.5, 0.6) is 0 Å². The fourth-order valence-electron chi connectivity index (χ4n) is 1.34. The molecule has 4 nitrogen and oxygen atoms in total. The molecule has 0 aromatic carbocycles. The Labute approximate surface area is 121 Å². The number of carboxylic acids is 2. The first-order valence-corrected chi connectivity index (χ1v) is 7.89. The molecule has 0 spiro atoms. The van der Waals surface area contributed by atoms with Crippen LogP contribution in [0.4, 0.5) is 0 Å². The molecule has 17 heavy (non-hydrogen) atoms. The van der Waals surface area contributed by atoms with E-state index in [1.807, 2.05) is 0 Å². The molecular weight excluding hydrogens is 231 g/mol. The Balaban J connectivity index is 0. The number of carbonyl (C=O) groups is 2. The Morgan fingerprint density at radius 1 is 0.882 bits per heavy atom. The van der Waals surface area contributed by atoms with E-state index in [1.165, 1.54) is 76.5 Å². The van der Waals surface area contributed by atoms with Crippen molar-refractivity contribution in [3.63, 3.8) is 0 Å². The molecule has 0 bridgehead atoms. The minimum atomic E-state index is -1.31. The third-order valence-electron chi connectivity index (χ3n) is 2.26. The van der Waals surface area contributed by atoms with Gasteiger partial charge in [0.25, 0.3) is 0 Å². The van der Waals surface area contributed by atoms with Crippen LogP contribution in [0.3, 0.4) is 0 Å². The molecule has 0 unspecified atom stereocenters. The van der Waals surface area contributed by atoms with E-state index in [1.54, 1.807) is 0 Å². The summed E-state index contributed by atoms with van der Waals surface area (Å²) >= 11 is 1.41. The Morgan fingerprint density at radius 2 is 1.29 bits per heavy atom. The Kier molecular flexibility index (Phi) is 18.1. The molecule has 5 heteroatoms. The summed E-state index contributed by atoms with van der Waals surface area (Å²) in [6.07, 6.45) is 9.45. The molecule has 2 N–H and O–H groups in total. The van der Waals surface area contributed by atoms with Crippen LogP contribution in [-0.2, 0) is 9.59 Å². The third-order valence-corrected chi connectivity index (χ3v) is 2.97. The molecule has 0 heterocycles. The maximum absolute atomic E-state index is 9.43. The van der Waals surface area contributed by atoms with Crippen molar-refractivity contribution in [1.29, 1.82) is 0 Å². The van der Waals surface area contributed by atoms with Crippen molar-refractivity contribution in [2.24, 2.45) is 0 Å². The Bertz CT molecular complexity index is 175. The van der Waals surface area contributed by atoms with Gasteiger partial charge in [0.1, 0.15) is 6.42 Å². The molecule has 0 atom stereocenters. The van der Waals surface area contributed by atoms with E-state index in [0.29, 0.717) is 0 Å². The molecule has 0 fully saturated rings. The fourth-order valence-corrected chi connectivity index (χ4v) is 1.84. The standard InChI is InChI=1S/C9H19.C3H4O4.Na/c1-3-5-7-9-8-6-4-2;4-2(5)1-3(6)7;/h1,3-9H2,2H3;1H2,(H,4,5)(H,6,7);. The van der Waals surface area contributed by atoms with Gasteiger partial charge in [-0.15, -0.1) is 0 Å². The van der Waals surface area contributed by atoms with Crippen molar-refractivity contribution in [2.45, 2.75) is 62.0 Å². The molecule has 0 rings (SSSR count). The Morgan fingerprint density at radius 3 is 1.59 bits per heavy atom. The minimum absolute atomic E-state index is 0.806. The number of hydrogen-bond donors (Lipinski definition) is 2. The average Bonchev–Trinajstić information content (AvgIpc) is 2.22. The number of hydrogen-bond acceptors (Lipinski definition) is 2. The van der Waals surface area contributed by atoms with Crippen molar-refractivity contribution in [2.75, 3.05) is 0 Å². The summed E-state index contributed by atoms with van der Waals surface area (Å²) in [6.45, 7) is 2.28. The number of carboxylic acid groups (broad SMARTS) is 2. The first kappa shape index (κ1) is 19.3. The smallest absolute Gasteiger partial charge is 0.314 e.